The van der Waals surface area contributed by atoms with E-state index >= 15 is 0 Å². The third-order valence-electron chi connectivity index (χ3n) is 3.76. The molecule has 1 N–H and O–H groups in total. The van der Waals surface area contributed by atoms with Crippen LogP contribution in [0, 0.1) is 10.1 Å². The fraction of sp³-hybridized carbons (Fsp3) is 0.111. The van der Waals surface area contributed by atoms with Crippen LogP contribution in [0.25, 0.3) is 5.69 Å². The number of para-hydroxylation sites is 1. The zero-order chi connectivity index (χ0) is 17.8. The Hall–Kier alpha value is -3.48. The van der Waals surface area contributed by atoms with Crippen LogP contribution in [0.3, 0.4) is 0 Å². The third kappa shape index (κ3) is 3.40. The highest BCUT2D eigenvalue weighted by molar-refractivity contribution is 6.05. The molecule has 1 amide bonds. The van der Waals surface area contributed by atoms with Crippen molar-refractivity contribution in [2.24, 2.45) is 0 Å². The van der Waals surface area contributed by atoms with E-state index in [1.54, 1.807) is 10.7 Å². The molecule has 3 rings (SSSR count). The van der Waals surface area contributed by atoms with Gasteiger partial charge in [0.25, 0.3) is 11.6 Å². The maximum Gasteiger partial charge on any atom is 0.271 e. The van der Waals surface area contributed by atoms with Crippen LogP contribution in [0.2, 0.25) is 0 Å². The van der Waals surface area contributed by atoms with Gasteiger partial charge >= 0.3 is 0 Å². The van der Waals surface area contributed by atoms with E-state index in [1.165, 1.54) is 24.4 Å². The molecular weight excluding hydrogens is 320 g/mol. The number of amides is 1. The summed E-state index contributed by atoms with van der Waals surface area (Å²) in [5, 5.41) is 17.9. The van der Waals surface area contributed by atoms with E-state index in [0.717, 1.165) is 11.4 Å². The molecule has 0 saturated carbocycles. The van der Waals surface area contributed by atoms with E-state index in [-0.39, 0.29) is 11.6 Å². The van der Waals surface area contributed by atoms with Gasteiger partial charge in [-0.3, -0.25) is 14.9 Å². The number of anilines is 1. The van der Waals surface area contributed by atoms with Gasteiger partial charge < -0.3 is 5.32 Å². The largest absolute Gasteiger partial charge is 0.322 e. The van der Waals surface area contributed by atoms with Gasteiger partial charge in [0.05, 0.1) is 28.1 Å². The Morgan fingerprint density at radius 3 is 2.64 bits per heavy atom. The third-order valence-corrected chi connectivity index (χ3v) is 3.76. The molecule has 126 valence electrons. The van der Waals surface area contributed by atoms with Crippen LogP contribution in [-0.4, -0.2) is 20.6 Å². The normalized spacial score (nSPS) is 10.4. The molecule has 0 fully saturated rings. The number of hydrogen-bond donors (Lipinski definition) is 1. The second-order valence-corrected chi connectivity index (χ2v) is 5.37. The molecule has 1 heterocycles. The first-order chi connectivity index (χ1) is 12.1. The first-order valence-electron chi connectivity index (χ1n) is 7.78. The fourth-order valence-corrected chi connectivity index (χ4v) is 2.59. The van der Waals surface area contributed by atoms with Crippen molar-refractivity contribution in [1.29, 1.82) is 0 Å². The minimum Gasteiger partial charge on any atom is -0.322 e. The van der Waals surface area contributed by atoms with Crippen molar-refractivity contribution in [2.45, 2.75) is 13.3 Å². The van der Waals surface area contributed by atoms with Crippen LogP contribution in [0.15, 0.2) is 60.8 Å². The molecule has 0 aliphatic rings. The Morgan fingerprint density at radius 2 is 1.96 bits per heavy atom. The Bertz CT molecular complexity index is 919. The monoisotopic (exact) mass is 336 g/mol. The SMILES string of the molecule is CCc1c(C(=O)Nc2cccc([N+](=O)[O-])c2)cnn1-c1ccccc1. The summed E-state index contributed by atoms with van der Waals surface area (Å²) in [5.41, 5.74) is 2.38. The van der Waals surface area contributed by atoms with Crippen molar-refractivity contribution in [3.8, 4) is 5.69 Å². The lowest BCUT2D eigenvalue weighted by Gasteiger charge is -2.08. The van der Waals surface area contributed by atoms with E-state index in [9.17, 15) is 14.9 Å². The average molecular weight is 336 g/mol. The Morgan fingerprint density at radius 1 is 1.20 bits per heavy atom. The highest BCUT2D eigenvalue weighted by Crippen LogP contribution is 2.20. The summed E-state index contributed by atoms with van der Waals surface area (Å²) in [6.07, 6.45) is 2.13. The molecule has 7 nitrogen and oxygen atoms in total. The van der Waals surface area contributed by atoms with Gasteiger partial charge in [-0.05, 0) is 24.6 Å². The maximum absolute atomic E-state index is 12.6. The molecule has 25 heavy (non-hydrogen) atoms. The number of benzene rings is 2. The number of nitrogens with zero attached hydrogens (tertiary/aromatic N) is 3. The molecule has 0 spiro atoms. The minimum absolute atomic E-state index is 0.0755. The van der Waals surface area contributed by atoms with E-state index in [4.69, 9.17) is 0 Å². The number of nitro groups is 1. The standard InChI is InChI=1S/C18H16N4O3/c1-2-17-16(12-19-21(17)14-8-4-3-5-9-14)18(23)20-13-7-6-10-15(11-13)22(24)25/h3-12H,2H2,1H3,(H,20,23). The molecule has 0 radical (unpaired) electrons. The van der Waals surface area contributed by atoms with Crippen LogP contribution < -0.4 is 5.32 Å². The summed E-state index contributed by atoms with van der Waals surface area (Å²) in [4.78, 5) is 22.9. The molecule has 0 aliphatic heterocycles. The van der Waals surface area contributed by atoms with Crippen molar-refractivity contribution in [3.63, 3.8) is 0 Å². The van der Waals surface area contributed by atoms with Gasteiger partial charge in [0, 0.05) is 17.8 Å². The molecule has 2 aromatic carbocycles. The van der Waals surface area contributed by atoms with Crippen molar-refractivity contribution in [3.05, 3.63) is 82.2 Å². The molecule has 0 saturated heterocycles. The Labute approximate surface area is 144 Å². The summed E-state index contributed by atoms with van der Waals surface area (Å²) in [7, 11) is 0. The van der Waals surface area contributed by atoms with Crippen LogP contribution in [-0.2, 0) is 6.42 Å². The van der Waals surface area contributed by atoms with E-state index in [1.807, 2.05) is 37.3 Å². The van der Waals surface area contributed by atoms with Crippen molar-refractivity contribution in [2.75, 3.05) is 5.32 Å². The van der Waals surface area contributed by atoms with Crippen molar-refractivity contribution >= 4 is 17.3 Å². The van der Waals surface area contributed by atoms with Crippen molar-refractivity contribution < 1.29 is 9.72 Å². The lowest BCUT2D eigenvalue weighted by molar-refractivity contribution is -0.384. The van der Waals surface area contributed by atoms with Gasteiger partial charge in [-0.2, -0.15) is 5.10 Å². The summed E-state index contributed by atoms with van der Waals surface area (Å²) in [6, 6.07) is 15.4. The maximum atomic E-state index is 12.6. The Kier molecular flexibility index (Phi) is 4.56. The van der Waals surface area contributed by atoms with Crippen LogP contribution >= 0.6 is 0 Å². The highest BCUT2D eigenvalue weighted by Gasteiger charge is 2.18. The highest BCUT2D eigenvalue weighted by atomic mass is 16.6. The molecule has 0 bridgehead atoms. The lowest BCUT2D eigenvalue weighted by atomic mass is 10.1. The summed E-state index contributed by atoms with van der Waals surface area (Å²) in [5.74, 6) is -0.348. The smallest absolute Gasteiger partial charge is 0.271 e. The Balaban J connectivity index is 1.89. The molecule has 7 heteroatoms. The van der Waals surface area contributed by atoms with E-state index in [0.29, 0.717) is 17.7 Å². The van der Waals surface area contributed by atoms with Gasteiger partial charge in [0.2, 0.25) is 0 Å². The van der Waals surface area contributed by atoms with E-state index in [2.05, 4.69) is 10.4 Å². The number of nitrogens with one attached hydrogen (secondary N) is 1. The quantitative estimate of drug-likeness (QED) is 0.569. The second-order valence-electron chi connectivity index (χ2n) is 5.37. The number of non-ortho nitro benzene ring substituents is 1. The number of rotatable bonds is 5. The number of carbonyl (C=O) groups excluding carboxylic acids is 1. The molecule has 0 aliphatic carbocycles. The summed E-state index contributed by atoms with van der Waals surface area (Å²) in [6.45, 7) is 1.95. The first-order valence-corrected chi connectivity index (χ1v) is 7.78. The van der Waals surface area contributed by atoms with Gasteiger partial charge in [0.1, 0.15) is 0 Å². The van der Waals surface area contributed by atoms with Gasteiger partial charge in [-0.15, -0.1) is 0 Å². The van der Waals surface area contributed by atoms with Crippen LogP contribution in [0.1, 0.15) is 23.0 Å². The number of aromatic nitrogens is 2. The predicted molar refractivity (Wildman–Crippen MR) is 94.0 cm³/mol. The average Bonchev–Trinajstić information content (AvgIpc) is 3.06. The number of carbonyl (C=O) groups is 1. The van der Waals surface area contributed by atoms with Gasteiger partial charge in [-0.1, -0.05) is 31.2 Å². The molecule has 0 atom stereocenters. The summed E-state index contributed by atoms with van der Waals surface area (Å²) < 4.78 is 1.72. The van der Waals surface area contributed by atoms with Crippen LogP contribution in [0.5, 0.6) is 0 Å². The van der Waals surface area contributed by atoms with Crippen molar-refractivity contribution in [1.82, 2.24) is 9.78 Å². The zero-order valence-electron chi connectivity index (χ0n) is 13.5. The van der Waals surface area contributed by atoms with Gasteiger partial charge in [0.15, 0.2) is 0 Å². The molecule has 1 aromatic heterocycles. The number of hydrogen-bond acceptors (Lipinski definition) is 4. The van der Waals surface area contributed by atoms with Gasteiger partial charge in [-0.25, -0.2) is 4.68 Å². The fourth-order valence-electron chi connectivity index (χ4n) is 2.59. The van der Waals surface area contributed by atoms with E-state index < -0.39 is 4.92 Å². The second kappa shape index (κ2) is 6.96. The zero-order valence-corrected chi connectivity index (χ0v) is 13.5. The molecule has 3 aromatic rings. The number of nitro benzene ring substituents is 1. The molecule has 0 unspecified atom stereocenters. The summed E-state index contributed by atoms with van der Waals surface area (Å²) >= 11 is 0. The molecular formula is C18H16N4O3. The lowest BCUT2D eigenvalue weighted by Crippen LogP contribution is -2.14. The topological polar surface area (TPSA) is 90.1 Å². The minimum atomic E-state index is -0.499. The van der Waals surface area contributed by atoms with Crippen LogP contribution in [0.4, 0.5) is 11.4 Å². The predicted octanol–water partition coefficient (Wildman–Crippen LogP) is 3.60. The first kappa shape index (κ1) is 16.4.